The van der Waals surface area contributed by atoms with Crippen LogP contribution in [-0.4, -0.2) is 73.4 Å². The molecule has 0 heterocycles. The summed E-state index contributed by atoms with van der Waals surface area (Å²) in [7, 11) is 1.54. The highest BCUT2D eigenvalue weighted by Crippen LogP contribution is 2.43. The molecule has 0 fully saturated rings. The van der Waals surface area contributed by atoms with Gasteiger partial charge in [0.05, 0.1) is 39.9 Å². The molecule has 3 N–H and O–H groups in total. The van der Waals surface area contributed by atoms with Gasteiger partial charge in [-0.3, -0.25) is 13.8 Å². The van der Waals surface area contributed by atoms with Gasteiger partial charge in [-0.25, -0.2) is 4.57 Å². The summed E-state index contributed by atoms with van der Waals surface area (Å²) in [6, 6.07) is -0.862. The number of nitrogens with one attached hydrogen (secondary N) is 1. The molecule has 0 bridgehead atoms. The SMILES string of the molecule is CCC/C=C/CC/C=C/CC/C=C/C(O)C(COP(=O)(O)OCC[N+](C)(C)C)NC(=O)CCCCCCCCCCCCCC. The van der Waals surface area contributed by atoms with Gasteiger partial charge in [0.25, 0.3) is 0 Å². The number of unbranched alkanes of at least 4 members (excludes halogenated alkanes) is 14. The molecule has 3 unspecified atom stereocenters. The van der Waals surface area contributed by atoms with E-state index in [2.05, 4.69) is 43.5 Å². The highest BCUT2D eigenvalue weighted by molar-refractivity contribution is 7.47. The molecule has 45 heavy (non-hydrogen) atoms. The van der Waals surface area contributed by atoms with Crippen LogP contribution in [0.5, 0.6) is 0 Å². The summed E-state index contributed by atoms with van der Waals surface area (Å²) in [6.07, 6.45) is 32.1. The van der Waals surface area contributed by atoms with E-state index in [9.17, 15) is 19.4 Å². The third-order valence-corrected chi connectivity index (χ3v) is 8.56. The van der Waals surface area contributed by atoms with Crippen LogP contribution in [0, 0.1) is 0 Å². The van der Waals surface area contributed by atoms with Gasteiger partial charge in [-0.05, 0) is 38.5 Å². The molecule has 0 aliphatic carbocycles. The van der Waals surface area contributed by atoms with Gasteiger partial charge in [0.2, 0.25) is 5.91 Å². The average Bonchev–Trinajstić information content (AvgIpc) is 2.97. The van der Waals surface area contributed by atoms with Crippen LogP contribution in [0.3, 0.4) is 0 Å². The number of rotatable bonds is 31. The highest BCUT2D eigenvalue weighted by atomic mass is 31.2. The summed E-state index contributed by atoms with van der Waals surface area (Å²) in [5.74, 6) is -0.197. The Bertz CT molecular complexity index is 840. The van der Waals surface area contributed by atoms with Gasteiger partial charge < -0.3 is 19.8 Å². The smallest absolute Gasteiger partial charge is 0.387 e. The number of phosphoric acid groups is 1. The topological polar surface area (TPSA) is 105 Å². The van der Waals surface area contributed by atoms with Crippen molar-refractivity contribution >= 4 is 13.7 Å². The zero-order valence-corrected chi connectivity index (χ0v) is 30.5. The Balaban J connectivity index is 4.65. The molecule has 0 saturated heterocycles. The molecule has 9 heteroatoms. The first kappa shape index (κ1) is 43.7. The molecule has 8 nitrogen and oxygen atoms in total. The number of likely N-dealkylation sites (N-methyl/N-ethyl adjacent to an activating group) is 1. The van der Waals surface area contributed by atoms with Gasteiger partial charge in [0.15, 0.2) is 0 Å². The predicted molar refractivity (Wildman–Crippen MR) is 189 cm³/mol. The molecule has 0 aromatic carbocycles. The van der Waals surface area contributed by atoms with Gasteiger partial charge >= 0.3 is 7.82 Å². The second kappa shape index (κ2) is 28.9. The first-order valence-electron chi connectivity index (χ1n) is 17.9. The number of aliphatic hydroxyl groups excluding tert-OH is 1. The Labute approximate surface area is 276 Å². The van der Waals surface area contributed by atoms with Gasteiger partial charge in [-0.15, -0.1) is 0 Å². The Hall–Kier alpha value is -1.28. The van der Waals surface area contributed by atoms with Crippen LogP contribution in [0.25, 0.3) is 0 Å². The predicted octanol–water partition coefficient (Wildman–Crippen LogP) is 8.79. The van der Waals surface area contributed by atoms with E-state index >= 15 is 0 Å². The molecule has 0 radical (unpaired) electrons. The second-order valence-electron chi connectivity index (χ2n) is 13.2. The van der Waals surface area contributed by atoms with Crippen LogP contribution in [-0.2, 0) is 18.4 Å². The standard InChI is InChI=1S/C36H69N2O6P/c1-6-8-10-12-14-16-18-20-22-24-26-28-30-36(40)37-34(33-44-45(41,42)43-32-31-38(3,4)5)35(39)29-27-25-23-21-19-17-15-13-11-9-7-2/h11,13,19,21,27,29,34-35,39H,6-10,12,14-18,20,22-26,28,30-33H2,1-5H3,(H-,37,40,41,42)/p+1/b13-11+,21-19+,29-27+. The van der Waals surface area contributed by atoms with E-state index in [1.54, 1.807) is 6.08 Å². The van der Waals surface area contributed by atoms with Crippen molar-refractivity contribution in [3.8, 4) is 0 Å². The van der Waals surface area contributed by atoms with E-state index in [1.807, 2.05) is 27.2 Å². The summed E-state index contributed by atoms with van der Waals surface area (Å²) in [6.45, 7) is 4.67. The molecule has 264 valence electrons. The van der Waals surface area contributed by atoms with E-state index in [4.69, 9.17) is 9.05 Å². The van der Waals surface area contributed by atoms with E-state index in [-0.39, 0.29) is 19.1 Å². The van der Waals surface area contributed by atoms with Crippen LogP contribution < -0.4 is 5.32 Å². The molecule has 1 amide bonds. The molecular formula is C36H70N2O6P+. The van der Waals surface area contributed by atoms with Crippen molar-refractivity contribution in [2.75, 3.05) is 40.9 Å². The van der Waals surface area contributed by atoms with Gasteiger partial charge in [-0.1, -0.05) is 127 Å². The van der Waals surface area contributed by atoms with Gasteiger partial charge in [0.1, 0.15) is 13.2 Å². The lowest BCUT2D eigenvalue weighted by atomic mass is 10.0. The molecule has 0 aromatic rings. The lowest BCUT2D eigenvalue weighted by molar-refractivity contribution is -0.870. The molecule has 0 aliphatic rings. The van der Waals surface area contributed by atoms with E-state index < -0.39 is 20.0 Å². The minimum atomic E-state index is -4.33. The third kappa shape index (κ3) is 31.1. The highest BCUT2D eigenvalue weighted by Gasteiger charge is 2.27. The number of hydrogen-bond acceptors (Lipinski definition) is 5. The van der Waals surface area contributed by atoms with Crippen LogP contribution in [0.2, 0.25) is 0 Å². The summed E-state index contributed by atoms with van der Waals surface area (Å²) in [5.41, 5.74) is 0. The van der Waals surface area contributed by atoms with E-state index in [0.29, 0.717) is 17.4 Å². The maximum atomic E-state index is 12.7. The summed E-state index contributed by atoms with van der Waals surface area (Å²) in [4.78, 5) is 22.9. The number of nitrogens with zero attached hydrogens (tertiary/aromatic N) is 1. The fourth-order valence-electron chi connectivity index (χ4n) is 4.67. The van der Waals surface area contributed by atoms with Crippen molar-refractivity contribution in [2.45, 2.75) is 148 Å². The Kier molecular flexibility index (Phi) is 28.1. The molecule has 0 aliphatic heterocycles. The van der Waals surface area contributed by atoms with Crippen molar-refractivity contribution < 1.29 is 32.9 Å². The minimum Gasteiger partial charge on any atom is -0.387 e. The molecular weight excluding hydrogens is 587 g/mol. The molecule has 0 saturated carbocycles. The molecule has 3 atom stereocenters. The Morgan fingerprint density at radius 1 is 0.733 bits per heavy atom. The van der Waals surface area contributed by atoms with E-state index in [0.717, 1.165) is 51.4 Å². The zero-order valence-electron chi connectivity index (χ0n) is 29.6. The van der Waals surface area contributed by atoms with Crippen LogP contribution in [0.4, 0.5) is 0 Å². The van der Waals surface area contributed by atoms with Crippen molar-refractivity contribution in [1.82, 2.24) is 5.32 Å². The third-order valence-electron chi connectivity index (χ3n) is 7.57. The first-order valence-corrected chi connectivity index (χ1v) is 19.4. The van der Waals surface area contributed by atoms with Crippen molar-refractivity contribution in [2.24, 2.45) is 0 Å². The van der Waals surface area contributed by atoms with Crippen molar-refractivity contribution in [3.05, 3.63) is 36.5 Å². The van der Waals surface area contributed by atoms with E-state index in [1.165, 1.54) is 64.2 Å². The van der Waals surface area contributed by atoms with Gasteiger partial charge in [-0.2, -0.15) is 0 Å². The fourth-order valence-corrected chi connectivity index (χ4v) is 5.40. The number of quaternary nitrogens is 1. The van der Waals surface area contributed by atoms with Crippen molar-refractivity contribution in [3.63, 3.8) is 0 Å². The molecule has 0 rings (SSSR count). The lowest BCUT2D eigenvalue weighted by Gasteiger charge is -2.25. The van der Waals surface area contributed by atoms with Crippen LogP contribution in [0.15, 0.2) is 36.5 Å². The van der Waals surface area contributed by atoms with Crippen LogP contribution >= 0.6 is 7.82 Å². The summed E-state index contributed by atoms with van der Waals surface area (Å²) < 4.78 is 23.3. The largest absolute Gasteiger partial charge is 0.472 e. The lowest BCUT2D eigenvalue weighted by Crippen LogP contribution is -2.45. The Morgan fingerprint density at radius 3 is 1.73 bits per heavy atom. The maximum Gasteiger partial charge on any atom is 0.472 e. The number of aliphatic hydroxyl groups is 1. The minimum absolute atomic E-state index is 0.0538. The summed E-state index contributed by atoms with van der Waals surface area (Å²) >= 11 is 0. The summed E-state index contributed by atoms with van der Waals surface area (Å²) in [5, 5.41) is 13.7. The second-order valence-corrected chi connectivity index (χ2v) is 14.7. The number of carbonyl (C=O) groups excluding carboxylic acids is 1. The number of allylic oxidation sites excluding steroid dienone is 5. The van der Waals surface area contributed by atoms with Gasteiger partial charge in [0, 0.05) is 6.42 Å². The Morgan fingerprint density at radius 2 is 1.22 bits per heavy atom. The zero-order chi connectivity index (χ0) is 33.7. The normalized spacial score (nSPS) is 15.3. The fraction of sp³-hybridized carbons (Fsp3) is 0.806. The first-order chi connectivity index (χ1) is 21.5. The average molecular weight is 658 g/mol. The van der Waals surface area contributed by atoms with Crippen LogP contribution in [0.1, 0.15) is 136 Å². The number of carbonyl (C=O) groups is 1. The number of phosphoric ester groups is 1. The maximum absolute atomic E-state index is 12.7. The quantitative estimate of drug-likeness (QED) is 0.0298. The number of amides is 1. The number of hydrogen-bond donors (Lipinski definition) is 3. The monoisotopic (exact) mass is 657 g/mol. The molecule has 0 aromatic heterocycles. The van der Waals surface area contributed by atoms with Crippen molar-refractivity contribution in [1.29, 1.82) is 0 Å². The molecule has 0 spiro atoms.